The molecule has 0 aromatic heterocycles. The summed E-state index contributed by atoms with van der Waals surface area (Å²) in [7, 11) is 0. The first-order chi connectivity index (χ1) is 13.5. The molecule has 28 heavy (non-hydrogen) atoms. The van der Waals surface area contributed by atoms with Crippen molar-refractivity contribution in [2.24, 2.45) is 23.7 Å². The van der Waals surface area contributed by atoms with E-state index in [-0.39, 0.29) is 11.7 Å². The minimum atomic E-state index is -0.993. The van der Waals surface area contributed by atoms with Gasteiger partial charge in [0.15, 0.2) is 11.6 Å². The van der Waals surface area contributed by atoms with Crippen LogP contribution in [-0.2, 0) is 4.79 Å². The number of rotatable bonds is 7. The van der Waals surface area contributed by atoms with Crippen LogP contribution in [-0.4, -0.2) is 5.97 Å². The first-order valence-corrected chi connectivity index (χ1v) is 11.2. The van der Waals surface area contributed by atoms with E-state index in [9.17, 15) is 13.6 Å². The third-order valence-corrected chi connectivity index (χ3v) is 7.03. The zero-order chi connectivity index (χ0) is 19.9. The molecule has 3 rings (SSSR count). The van der Waals surface area contributed by atoms with Crippen LogP contribution in [0.2, 0.25) is 0 Å². The van der Waals surface area contributed by atoms with Crippen molar-refractivity contribution in [3.05, 3.63) is 29.8 Å². The highest BCUT2D eigenvalue weighted by Crippen LogP contribution is 2.42. The normalized spacial score (nSPS) is 28.1. The third kappa shape index (κ3) is 6.02. The summed E-state index contributed by atoms with van der Waals surface area (Å²) in [6, 6.07) is 3.19. The van der Waals surface area contributed by atoms with Crippen molar-refractivity contribution < 1.29 is 18.3 Å². The second-order valence-corrected chi connectivity index (χ2v) is 8.94. The molecule has 0 amide bonds. The van der Waals surface area contributed by atoms with Gasteiger partial charge in [0.1, 0.15) is 5.75 Å². The molecule has 0 heterocycles. The van der Waals surface area contributed by atoms with Gasteiger partial charge in [0.2, 0.25) is 0 Å². The summed E-state index contributed by atoms with van der Waals surface area (Å²) >= 11 is 0. The lowest BCUT2D eigenvalue weighted by atomic mass is 9.68. The molecule has 0 atom stereocenters. The molecule has 2 nitrogen and oxygen atoms in total. The van der Waals surface area contributed by atoms with Crippen molar-refractivity contribution >= 4 is 5.97 Å². The molecule has 4 heteroatoms. The second-order valence-electron chi connectivity index (χ2n) is 8.94. The van der Waals surface area contributed by atoms with E-state index >= 15 is 0 Å². The van der Waals surface area contributed by atoms with Crippen molar-refractivity contribution in [2.75, 3.05) is 0 Å². The Kier molecular flexibility index (Phi) is 7.87. The highest BCUT2D eigenvalue weighted by molar-refractivity contribution is 5.72. The fourth-order valence-electron chi connectivity index (χ4n) is 5.35. The molecular weight excluding hydrogens is 358 g/mol. The quantitative estimate of drug-likeness (QED) is 0.367. The van der Waals surface area contributed by atoms with Crippen LogP contribution in [0.15, 0.2) is 18.2 Å². The smallest absolute Gasteiger partial charge is 0.311 e. The molecule has 0 spiro atoms. The summed E-state index contributed by atoms with van der Waals surface area (Å²) in [6.45, 7) is 2.29. The van der Waals surface area contributed by atoms with Crippen LogP contribution in [0.25, 0.3) is 0 Å². The molecule has 0 bridgehead atoms. The number of hydrogen-bond donors (Lipinski definition) is 0. The fraction of sp³-hybridized carbons (Fsp3) is 0.708. The Morgan fingerprint density at radius 2 is 1.46 bits per heavy atom. The van der Waals surface area contributed by atoms with Crippen LogP contribution < -0.4 is 4.74 Å². The molecule has 0 radical (unpaired) electrons. The van der Waals surface area contributed by atoms with E-state index < -0.39 is 11.6 Å². The predicted molar refractivity (Wildman–Crippen MR) is 107 cm³/mol. The van der Waals surface area contributed by atoms with Gasteiger partial charge >= 0.3 is 5.97 Å². The van der Waals surface area contributed by atoms with Crippen molar-refractivity contribution in [2.45, 2.75) is 84.0 Å². The maximum Gasteiger partial charge on any atom is 0.311 e. The maximum atomic E-state index is 13.2. The van der Waals surface area contributed by atoms with E-state index in [0.717, 1.165) is 36.3 Å². The standard InChI is InChI=1S/C24H34F2O2/c1-2-3-17-4-9-19(10-5-17)20-11-6-18(7-12-20)8-15-24(27)28-21-13-14-22(25)23(26)16-21/h13-14,16-20H,2-12,15H2,1H3. The van der Waals surface area contributed by atoms with Gasteiger partial charge in [-0.25, -0.2) is 8.78 Å². The van der Waals surface area contributed by atoms with Gasteiger partial charge in [0, 0.05) is 12.5 Å². The Bertz CT molecular complexity index is 629. The SMILES string of the molecule is CCCC1CCC(C2CCC(CCC(=O)Oc3ccc(F)c(F)c3)CC2)CC1. The Morgan fingerprint density at radius 3 is 2.00 bits per heavy atom. The summed E-state index contributed by atoms with van der Waals surface area (Å²) in [4.78, 5) is 12.0. The Hall–Kier alpha value is -1.45. The lowest BCUT2D eigenvalue weighted by Crippen LogP contribution is -2.26. The van der Waals surface area contributed by atoms with Gasteiger partial charge in [0.25, 0.3) is 0 Å². The van der Waals surface area contributed by atoms with Crippen LogP contribution in [0.1, 0.15) is 84.0 Å². The molecule has 2 aliphatic rings. The van der Waals surface area contributed by atoms with Gasteiger partial charge in [0.05, 0.1) is 0 Å². The van der Waals surface area contributed by atoms with E-state index in [0.29, 0.717) is 12.3 Å². The molecule has 0 unspecified atom stereocenters. The van der Waals surface area contributed by atoms with Gasteiger partial charge in [-0.1, -0.05) is 45.4 Å². The minimum Gasteiger partial charge on any atom is -0.426 e. The number of ether oxygens (including phenoxy) is 1. The summed E-state index contributed by atoms with van der Waals surface area (Å²) in [6.07, 6.45) is 14.6. The molecule has 2 saturated carbocycles. The highest BCUT2D eigenvalue weighted by atomic mass is 19.2. The topological polar surface area (TPSA) is 26.3 Å². The molecule has 0 aliphatic heterocycles. The number of carbonyl (C=O) groups excluding carboxylic acids is 1. The monoisotopic (exact) mass is 392 g/mol. The van der Waals surface area contributed by atoms with Gasteiger partial charge in [-0.15, -0.1) is 0 Å². The van der Waals surface area contributed by atoms with Crippen LogP contribution in [0, 0.1) is 35.3 Å². The predicted octanol–water partition coefficient (Wildman–Crippen LogP) is 7.06. The summed E-state index contributed by atoms with van der Waals surface area (Å²) < 4.78 is 31.3. The first kappa shape index (κ1) is 21.3. The Labute approximate surface area is 168 Å². The number of carbonyl (C=O) groups is 1. The van der Waals surface area contributed by atoms with E-state index in [2.05, 4.69) is 6.92 Å². The molecule has 0 saturated heterocycles. The molecule has 0 N–H and O–H groups in total. The van der Waals surface area contributed by atoms with Gasteiger partial charge in [-0.2, -0.15) is 0 Å². The van der Waals surface area contributed by atoms with Crippen molar-refractivity contribution in [3.63, 3.8) is 0 Å². The molecule has 2 aliphatic carbocycles. The molecule has 1 aromatic rings. The summed E-state index contributed by atoms with van der Waals surface area (Å²) in [5.41, 5.74) is 0. The lowest BCUT2D eigenvalue weighted by Gasteiger charge is -2.38. The second kappa shape index (κ2) is 10.4. The average Bonchev–Trinajstić information content (AvgIpc) is 2.70. The van der Waals surface area contributed by atoms with Gasteiger partial charge in [-0.3, -0.25) is 4.79 Å². The average molecular weight is 393 g/mol. The summed E-state index contributed by atoms with van der Waals surface area (Å²) in [5.74, 6) is 1.15. The molecule has 2 fully saturated rings. The van der Waals surface area contributed by atoms with E-state index in [1.54, 1.807) is 0 Å². The van der Waals surface area contributed by atoms with E-state index in [1.807, 2.05) is 0 Å². The number of halogens is 2. The van der Waals surface area contributed by atoms with Crippen LogP contribution in [0.5, 0.6) is 5.75 Å². The number of esters is 1. The van der Waals surface area contributed by atoms with Gasteiger partial charge in [-0.05, 0) is 67.9 Å². The third-order valence-electron chi connectivity index (χ3n) is 7.03. The summed E-state index contributed by atoms with van der Waals surface area (Å²) in [5, 5.41) is 0. The Balaban J connectivity index is 1.34. The van der Waals surface area contributed by atoms with Crippen LogP contribution >= 0.6 is 0 Å². The molecule has 156 valence electrons. The van der Waals surface area contributed by atoms with Gasteiger partial charge < -0.3 is 4.74 Å². The largest absolute Gasteiger partial charge is 0.426 e. The Morgan fingerprint density at radius 1 is 0.893 bits per heavy atom. The zero-order valence-corrected chi connectivity index (χ0v) is 17.1. The van der Waals surface area contributed by atoms with Crippen molar-refractivity contribution in [3.8, 4) is 5.75 Å². The number of hydrogen-bond acceptors (Lipinski definition) is 2. The van der Waals surface area contributed by atoms with E-state index in [1.165, 1.54) is 70.3 Å². The van der Waals surface area contributed by atoms with Crippen LogP contribution in [0.3, 0.4) is 0 Å². The maximum absolute atomic E-state index is 13.2. The van der Waals surface area contributed by atoms with Crippen molar-refractivity contribution in [1.82, 2.24) is 0 Å². The van der Waals surface area contributed by atoms with E-state index in [4.69, 9.17) is 4.74 Å². The fourth-order valence-corrected chi connectivity index (χ4v) is 5.35. The number of benzene rings is 1. The molecule has 1 aromatic carbocycles. The first-order valence-electron chi connectivity index (χ1n) is 11.2. The minimum absolute atomic E-state index is 0.0753. The molecular formula is C24H34F2O2. The highest BCUT2D eigenvalue weighted by Gasteiger charge is 2.30. The van der Waals surface area contributed by atoms with Crippen molar-refractivity contribution in [1.29, 1.82) is 0 Å². The lowest BCUT2D eigenvalue weighted by molar-refractivity contribution is -0.134. The van der Waals surface area contributed by atoms with Crippen LogP contribution in [0.4, 0.5) is 8.78 Å². The zero-order valence-electron chi connectivity index (χ0n) is 17.1.